The van der Waals surface area contributed by atoms with Crippen LogP contribution in [0.3, 0.4) is 0 Å². The Labute approximate surface area is 163 Å². The van der Waals surface area contributed by atoms with Crippen LogP contribution in [0.4, 0.5) is 0 Å². The molecule has 0 radical (unpaired) electrons. The van der Waals surface area contributed by atoms with E-state index in [0.717, 1.165) is 6.42 Å². The standard InChI is InChI=1S/C19H21N3O4S/c1-3-13-4-8-16(9-5-13)26-12-17(23)20-19(27)22-21-18(24)14-6-10-15(25-2)11-7-14/h4-11H,3,12H2,1-2H3,(H,21,24)(H2,20,22,23,27). The first-order valence-electron chi connectivity index (χ1n) is 8.27. The molecule has 142 valence electrons. The van der Waals surface area contributed by atoms with E-state index in [1.54, 1.807) is 43.5 Å². The molecule has 0 aliphatic carbocycles. The normalized spacial score (nSPS) is 9.85. The Bertz CT molecular complexity index is 792. The summed E-state index contributed by atoms with van der Waals surface area (Å²) in [5.41, 5.74) is 6.47. The molecule has 2 rings (SSSR count). The van der Waals surface area contributed by atoms with Crippen LogP contribution in [0, 0.1) is 0 Å². The van der Waals surface area contributed by atoms with Crippen molar-refractivity contribution in [2.45, 2.75) is 13.3 Å². The number of aryl methyl sites for hydroxylation is 1. The number of ether oxygens (including phenoxy) is 2. The van der Waals surface area contributed by atoms with E-state index < -0.39 is 11.8 Å². The lowest BCUT2D eigenvalue weighted by atomic mass is 10.2. The quantitative estimate of drug-likeness (QED) is 0.519. The minimum atomic E-state index is -0.439. The van der Waals surface area contributed by atoms with Crippen LogP contribution in [0.1, 0.15) is 22.8 Å². The summed E-state index contributed by atoms with van der Waals surface area (Å²) < 4.78 is 10.4. The summed E-state index contributed by atoms with van der Waals surface area (Å²) in [4.78, 5) is 23.8. The van der Waals surface area contributed by atoms with Crippen molar-refractivity contribution < 1.29 is 19.1 Å². The Morgan fingerprint density at radius 3 is 2.19 bits per heavy atom. The zero-order chi connectivity index (χ0) is 19.6. The summed E-state index contributed by atoms with van der Waals surface area (Å²) in [6.45, 7) is 1.87. The van der Waals surface area contributed by atoms with E-state index in [1.165, 1.54) is 5.56 Å². The van der Waals surface area contributed by atoms with E-state index in [0.29, 0.717) is 17.1 Å². The molecule has 0 heterocycles. The lowest BCUT2D eigenvalue weighted by Crippen LogP contribution is -2.49. The monoisotopic (exact) mass is 387 g/mol. The van der Waals surface area contributed by atoms with Crippen molar-refractivity contribution in [3.63, 3.8) is 0 Å². The summed E-state index contributed by atoms with van der Waals surface area (Å²) in [6, 6.07) is 14.0. The molecule has 0 atom stereocenters. The number of hydrogen-bond acceptors (Lipinski definition) is 5. The first-order valence-corrected chi connectivity index (χ1v) is 8.68. The van der Waals surface area contributed by atoms with Crippen LogP contribution in [0.2, 0.25) is 0 Å². The van der Waals surface area contributed by atoms with Crippen LogP contribution < -0.4 is 25.6 Å². The van der Waals surface area contributed by atoms with Crippen LogP contribution in [0.15, 0.2) is 48.5 Å². The topological polar surface area (TPSA) is 88.7 Å². The SMILES string of the molecule is CCc1ccc(OCC(=O)NC(=S)NNC(=O)c2ccc(OC)cc2)cc1. The lowest BCUT2D eigenvalue weighted by Gasteiger charge is -2.11. The molecule has 0 saturated heterocycles. The molecule has 3 N–H and O–H groups in total. The molecule has 0 spiro atoms. The van der Waals surface area contributed by atoms with Gasteiger partial charge in [-0.05, 0) is 60.6 Å². The predicted molar refractivity (Wildman–Crippen MR) is 106 cm³/mol. The third-order valence-electron chi connectivity index (χ3n) is 3.60. The molecular formula is C19H21N3O4S. The second-order valence-electron chi connectivity index (χ2n) is 5.47. The summed E-state index contributed by atoms with van der Waals surface area (Å²) in [6.07, 6.45) is 0.933. The lowest BCUT2D eigenvalue weighted by molar-refractivity contribution is -0.121. The highest BCUT2D eigenvalue weighted by atomic mass is 32.1. The Hall–Kier alpha value is -3.13. The molecule has 27 heavy (non-hydrogen) atoms. The van der Waals surface area contributed by atoms with Crippen molar-refractivity contribution in [3.8, 4) is 11.5 Å². The smallest absolute Gasteiger partial charge is 0.269 e. The van der Waals surface area contributed by atoms with Crippen molar-refractivity contribution in [2.24, 2.45) is 0 Å². The molecule has 7 nitrogen and oxygen atoms in total. The molecule has 0 aliphatic heterocycles. The van der Waals surface area contributed by atoms with Gasteiger partial charge < -0.3 is 9.47 Å². The number of rotatable bonds is 6. The highest BCUT2D eigenvalue weighted by Gasteiger charge is 2.09. The van der Waals surface area contributed by atoms with Gasteiger partial charge in [-0.2, -0.15) is 0 Å². The number of methoxy groups -OCH3 is 1. The summed E-state index contributed by atoms with van der Waals surface area (Å²) in [7, 11) is 1.54. The highest BCUT2D eigenvalue weighted by molar-refractivity contribution is 7.80. The highest BCUT2D eigenvalue weighted by Crippen LogP contribution is 2.12. The number of nitrogens with one attached hydrogen (secondary N) is 3. The summed E-state index contributed by atoms with van der Waals surface area (Å²) in [5.74, 6) is 0.396. The van der Waals surface area contributed by atoms with Crippen LogP contribution in [0.25, 0.3) is 0 Å². The van der Waals surface area contributed by atoms with E-state index >= 15 is 0 Å². The molecule has 2 aromatic rings. The number of thiocarbonyl (C=S) groups is 1. The second kappa shape index (κ2) is 10.1. The van der Waals surface area contributed by atoms with Gasteiger partial charge in [0.25, 0.3) is 11.8 Å². The molecule has 2 amide bonds. The fourth-order valence-electron chi connectivity index (χ4n) is 2.09. The summed E-state index contributed by atoms with van der Waals surface area (Å²) in [5, 5.41) is 2.38. The fraction of sp³-hybridized carbons (Fsp3) is 0.211. The second-order valence-corrected chi connectivity index (χ2v) is 5.88. The summed E-state index contributed by atoms with van der Waals surface area (Å²) >= 11 is 4.97. The molecule has 0 unspecified atom stereocenters. The predicted octanol–water partition coefficient (Wildman–Crippen LogP) is 1.97. The molecule has 0 saturated carbocycles. The number of hydrogen-bond donors (Lipinski definition) is 3. The van der Waals surface area contributed by atoms with Gasteiger partial charge >= 0.3 is 0 Å². The van der Waals surface area contributed by atoms with E-state index in [1.807, 2.05) is 12.1 Å². The zero-order valence-corrected chi connectivity index (χ0v) is 15.9. The Balaban J connectivity index is 1.72. The van der Waals surface area contributed by atoms with E-state index in [9.17, 15) is 9.59 Å². The van der Waals surface area contributed by atoms with E-state index in [-0.39, 0.29) is 11.7 Å². The largest absolute Gasteiger partial charge is 0.497 e. The van der Waals surface area contributed by atoms with Crippen molar-refractivity contribution in [2.75, 3.05) is 13.7 Å². The number of benzene rings is 2. The van der Waals surface area contributed by atoms with E-state index in [4.69, 9.17) is 21.7 Å². The minimum absolute atomic E-state index is 0.0354. The first kappa shape index (κ1) is 20.2. The third-order valence-corrected chi connectivity index (χ3v) is 3.80. The van der Waals surface area contributed by atoms with Crippen LogP contribution >= 0.6 is 12.2 Å². The molecular weight excluding hydrogens is 366 g/mol. The Kier molecular flexibility index (Phi) is 7.57. The van der Waals surface area contributed by atoms with Gasteiger partial charge in [0, 0.05) is 5.56 Å². The number of hydrazine groups is 1. The van der Waals surface area contributed by atoms with Gasteiger partial charge in [0.15, 0.2) is 11.7 Å². The van der Waals surface area contributed by atoms with Crippen molar-refractivity contribution in [3.05, 3.63) is 59.7 Å². The first-order chi connectivity index (χ1) is 13.0. The van der Waals surface area contributed by atoms with Crippen LogP contribution in [-0.4, -0.2) is 30.6 Å². The van der Waals surface area contributed by atoms with Crippen LogP contribution in [0.5, 0.6) is 11.5 Å². The van der Waals surface area contributed by atoms with Gasteiger partial charge in [-0.1, -0.05) is 19.1 Å². The van der Waals surface area contributed by atoms with E-state index in [2.05, 4.69) is 23.1 Å². The zero-order valence-electron chi connectivity index (χ0n) is 15.1. The Morgan fingerprint density at radius 2 is 1.59 bits per heavy atom. The van der Waals surface area contributed by atoms with Gasteiger partial charge in [-0.25, -0.2) is 0 Å². The third kappa shape index (κ3) is 6.59. The Morgan fingerprint density at radius 1 is 0.963 bits per heavy atom. The average molecular weight is 387 g/mol. The number of carbonyl (C=O) groups is 2. The molecule has 2 aromatic carbocycles. The maximum atomic E-state index is 12.0. The number of amides is 2. The van der Waals surface area contributed by atoms with Gasteiger partial charge in [0.1, 0.15) is 11.5 Å². The van der Waals surface area contributed by atoms with Gasteiger partial charge in [0.05, 0.1) is 7.11 Å². The molecule has 0 aliphatic rings. The maximum Gasteiger partial charge on any atom is 0.269 e. The van der Waals surface area contributed by atoms with Gasteiger partial charge in [-0.15, -0.1) is 0 Å². The average Bonchev–Trinajstić information content (AvgIpc) is 2.71. The van der Waals surface area contributed by atoms with Crippen molar-refractivity contribution >= 4 is 29.1 Å². The minimum Gasteiger partial charge on any atom is -0.497 e. The fourth-order valence-corrected chi connectivity index (χ4v) is 2.26. The molecule has 0 aromatic heterocycles. The van der Waals surface area contributed by atoms with Gasteiger partial charge in [-0.3, -0.25) is 25.8 Å². The van der Waals surface area contributed by atoms with Crippen LogP contribution in [-0.2, 0) is 11.2 Å². The maximum absolute atomic E-state index is 12.0. The van der Waals surface area contributed by atoms with Crippen molar-refractivity contribution in [1.29, 1.82) is 0 Å². The van der Waals surface area contributed by atoms with Gasteiger partial charge in [0.2, 0.25) is 0 Å². The molecule has 0 fully saturated rings. The molecule has 0 bridgehead atoms. The van der Waals surface area contributed by atoms with Crippen molar-refractivity contribution in [1.82, 2.24) is 16.2 Å². The number of carbonyl (C=O) groups excluding carboxylic acids is 2. The molecule has 8 heteroatoms.